The molecule has 0 atom stereocenters. The van der Waals surface area contributed by atoms with Crippen molar-refractivity contribution < 1.29 is 24.2 Å². The first-order valence-corrected chi connectivity index (χ1v) is 6.38. The van der Waals surface area contributed by atoms with Gasteiger partial charge in [-0.15, -0.1) is 0 Å². The van der Waals surface area contributed by atoms with Crippen molar-refractivity contribution in [3.8, 4) is 5.75 Å². The van der Waals surface area contributed by atoms with Crippen LogP contribution in [-0.2, 0) is 14.3 Å². The quantitative estimate of drug-likeness (QED) is 0.710. The smallest absolute Gasteiger partial charge is 0.329 e. The third-order valence-electron chi connectivity index (χ3n) is 2.00. The fourth-order valence-electron chi connectivity index (χ4n) is 1.23. The number of carboxylic acid groups (broad SMARTS) is 1. The summed E-state index contributed by atoms with van der Waals surface area (Å²) in [6.45, 7) is -0.282. The molecular formula is C12H13Cl2NO5. The molecule has 20 heavy (non-hydrogen) atoms. The lowest BCUT2D eigenvalue weighted by atomic mass is 10.3. The molecule has 0 bridgehead atoms. The maximum absolute atomic E-state index is 11.4. The van der Waals surface area contributed by atoms with Crippen molar-refractivity contribution in [2.24, 2.45) is 0 Å². The first-order valence-electron chi connectivity index (χ1n) is 5.62. The summed E-state index contributed by atoms with van der Waals surface area (Å²) in [6.07, 6.45) is 0. The minimum absolute atomic E-state index is 0.112. The van der Waals surface area contributed by atoms with Crippen LogP contribution < -0.4 is 10.1 Å². The van der Waals surface area contributed by atoms with Gasteiger partial charge in [0.15, 0.2) is 6.61 Å². The second kappa shape index (κ2) is 8.63. The third kappa shape index (κ3) is 7.18. The molecule has 0 saturated heterocycles. The van der Waals surface area contributed by atoms with Crippen LogP contribution in [0.15, 0.2) is 18.2 Å². The van der Waals surface area contributed by atoms with Gasteiger partial charge in [0.05, 0.1) is 6.61 Å². The van der Waals surface area contributed by atoms with Crippen LogP contribution in [0, 0.1) is 0 Å². The lowest BCUT2D eigenvalue weighted by Gasteiger charge is -2.08. The molecule has 0 aliphatic rings. The second-order valence-corrected chi connectivity index (χ2v) is 4.56. The predicted octanol–water partition coefficient (Wildman–Crippen LogP) is 1.59. The topological polar surface area (TPSA) is 84.9 Å². The number of carbonyl (C=O) groups excluding carboxylic acids is 1. The molecule has 0 spiro atoms. The van der Waals surface area contributed by atoms with Crippen LogP contribution in [0.1, 0.15) is 0 Å². The van der Waals surface area contributed by atoms with Gasteiger partial charge < -0.3 is 19.9 Å². The highest BCUT2D eigenvalue weighted by Crippen LogP contribution is 2.23. The van der Waals surface area contributed by atoms with Gasteiger partial charge in [0.1, 0.15) is 12.4 Å². The van der Waals surface area contributed by atoms with Crippen molar-refractivity contribution in [3.63, 3.8) is 0 Å². The Kier molecular flexibility index (Phi) is 7.14. The van der Waals surface area contributed by atoms with Gasteiger partial charge in [0.2, 0.25) is 0 Å². The molecule has 0 aromatic heterocycles. The van der Waals surface area contributed by atoms with Crippen LogP contribution in [0.25, 0.3) is 0 Å². The van der Waals surface area contributed by atoms with Crippen molar-refractivity contribution in [1.29, 1.82) is 0 Å². The zero-order valence-electron chi connectivity index (χ0n) is 10.4. The summed E-state index contributed by atoms with van der Waals surface area (Å²) >= 11 is 11.6. The average molecular weight is 322 g/mol. The molecule has 1 amide bonds. The summed E-state index contributed by atoms with van der Waals surface area (Å²) < 4.78 is 9.96. The normalized spacial score (nSPS) is 10.1. The average Bonchev–Trinajstić information content (AvgIpc) is 2.34. The number of carbonyl (C=O) groups is 2. The van der Waals surface area contributed by atoms with E-state index in [4.69, 9.17) is 37.8 Å². The molecule has 110 valence electrons. The summed E-state index contributed by atoms with van der Waals surface area (Å²) in [6, 6.07) is 4.63. The van der Waals surface area contributed by atoms with Crippen LogP contribution in [0.2, 0.25) is 10.0 Å². The monoisotopic (exact) mass is 321 g/mol. The SMILES string of the molecule is O=C(O)COCCNC(=O)COc1cc(Cl)cc(Cl)c1. The van der Waals surface area contributed by atoms with Crippen molar-refractivity contribution >= 4 is 35.1 Å². The minimum Gasteiger partial charge on any atom is -0.484 e. The number of ether oxygens (including phenoxy) is 2. The first-order chi connectivity index (χ1) is 9.47. The number of rotatable bonds is 8. The molecule has 0 saturated carbocycles. The van der Waals surface area contributed by atoms with E-state index in [0.29, 0.717) is 15.8 Å². The molecule has 6 nitrogen and oxygen atoms in total. The number of benzene rings is 1. The number of halogens is 2. The molecule has 0 heterocycles. The Morgan fingerprint density at radius 2 is 1.80 bits per heavy atom. The Morgan fingerprint density at radius 3 is 2.40 bits per heavy atom. The second-order valence-electron chi connectivity index (χ2n) is 3.69. The Hall–Kier alpha value is -1.50. The van der Waals surface area contributed by atoms with E-state index in [1.165, 1.54) is 12.1 Å². The van der Waals surface area contributed by atoms with Gasteiger partial charge in [-0.1, -0.05) is 23.2 Å². The maximum atomic E-state index is 11.4. The van der Waals surface area contributed by atoms with E-state index in [9.17, 15) is 9.59 Å². The van der Waals surface area contributed by atoms with Crippen LogP contribution in [0.3, 0.4) is 0 Å². The molecule has 1 aromatic carbocycles. The van der Waals surface area contributed by atoms with Crippen LogP contribution in [0.5, 0.6) is 5.75 Å². The fraction of sp³-hybridized carbons (Fsp3) is 0.333. The highest BCUT2D eigenvalue weighted by atomic mass is 35.5. The van der Waals surface area contributed by atoms with Crippen LogP contribution in [-0.4, -0.2) is 43.3 Å². The van der Waals surface area contributed by atoms with Gasteiger partial charge in [-0.2, -0.15) is 0 Å². The van der Waals surface area contributed by atoms with Crippen molar-refractivity contribution in [3.05, 3.63) is 28.2 Å². The molecule has 0 fully saturated rings. The number of aliphatic carboxylic acids is 1. The van der Waals surface area contributed by atoms with E-state index >= 15 is 0 Å². The molecule has 1 rings (SSSR count). The van der Waals surface area contributed by atoms with Crippen LogP contribution >= 0.6 is 23.2 Å². The Morgan fingerprint density at radius 1 is 1.15 bits per heavy atom. The van der Waals surface area contributed by atoms with Gasteiger partial charge in [0.25, 0.3) is 5.91 Å². The summed E-state index contributed by atoms with van der Waals surface area (Å²) in [5.41, 5.74) is 0. The summed E-state index contributed by atoms with van der Waals surface area (Å²) in [7, 11) is 0. The van der Waals surface area contributed by atoms with Crippen LogP contribution in [0.4, 0.5) is 0 Å². The van der Waals surface area contributed by atoms with E-state index in [2.05, 4.69) is 5.32 Å². The molecular weight excluding hydrogens is 309 g/mol. The van der Waals surface area contributed by atoms with Crippen molar-refractivity contribution in [2.75, 3.05) is 26.4 Å². The summed E-state index contributed by atoms with van der Waals surface area (Å²) in [5.74, 6) is -1.03. The molecule has 0 aliphatic carbocycles. The van der Waals surface area contributed by atoms with Gasteiger partial charge in [-0.05, 0) is 18.2 Å². The highest BCUT2D eigenvalue weighted by Gasteiger charge is 2.04. The van der Waals surface area contributed by atoms with Gasteiger partial charge >= 0.3 is 5.97 Å². The standard InChI is InChI=1S/C12H13Cl2NO5/c13-8-3-9(14)5-10(4-8)20-6-11(16)15-1-2-19-7-12(17)18/h3-5H,1-2,6-7H2,(H,15,16)(H,17,18). The lowest BCUT2D eigenvalue weighted by Crippen LogP contribution is -2.32. The van der Waals surface area contributed by atoms with E-state index < -0.39 is 12.6 Å². The van der Waals surface area contributed by atoms with Crippen molar-refractivity contribution in [1.82, 2.24) is 5.32 Å². The number of carboxylic acids is 1. The minimum atomic E-state index is -1.06. The zero-order chi connectivity index (χ0) is 15.0. The molecule has 0 radical (unpaired) electrons. The maximum Gasteiger partial charge on any atom is 0.329 e. The van der Waals surface area contributed by atoms with E-state index in [1.807, 2.05) is 0 Å². The Bertz CT molecular complexity index is 461. The van der Waals surface area contributed by atoms with Gasteiger partial charge in [0, 0.05) is 16.6 Å². The molecule has 0 unspecified atom stereocenters. The number of hydrogen-bond acceptors (Lipinski definition) is 4. The Balaban J connectivity index is 2.21. The predicted molar refractivity (Wildman–Crippen MR) is 73.4 cm³/mol. The lowest BCUT2D eigenvalue weighted by molar-refractivity contribution is -0.142. The van der Waals surface area contributed by atoms with Gasteiger partial charge in [-0.25, -0.2) is 4.79 Å². The number of hydrogen-bond donors (Lipinski definition) is 2. The largest absolute Gasteiger partial charge is 0.484 e. The summed E-state index contributed by atoms with van der Waals surface area (Å²) in [4.78, 5) is 21.6. The number of amides is 1. The van der Waals surface area contributed by atoms with Crippen molar-refractivity contribution in [2.45, 2.75) is 0 Å². The van der Waals surface area contributed by atoms with Gasteiger partial charge in [-0.3, -0.25) is 4.79 Å². The zero-order valence-corrected chi connectivity index (χ0v) is 11.9. The van der Waals surface area contributed by atoms with E-state index in [-0.39, 0.29) is 25.7 Å². The molecule has 0 aliphatic heterocycles. The van der Waals surface area contributed by atoms with E-state index in [0.717, 1.165) is 0 Å². The Labute approximate surface area is 125 Å². The fourth-order valence-corrected chi connectivity index (χ4v) is 1.74. The molecule has 1 aromatic rings. The molecule has 8 heteroatoms. The molecule has 2 N–H and O–H groups in total. The van der Waals surface area contributed by atoms with E-state index in [1.54, 1.807) is 6.07 Å². The number of nitrogens with one attached hydrogen (secondary N) is 1. The summed E-state index contributed by atoms with van der Waals surface area (Å²) in [5, 5.41) is 11.7. The highest BCUT2D eigenvalue weighted by molar-refractivity contribution is 6.34. The first kappa shape index (κ1) is 16.6. The third-order valence-corrected chi connectivity index (χ3v) is 2.44.